The average Bonchev–Trinajstić information content (AvgIpc) is 2.58. The number of thioether (sulfide) groups is 1. The second kappa shape index (κ2) is 8.73. The summed E-state index contributed by atoms with van der Waals surface area (Å²) < 4.78 is 4.97. The van der Waals surface area contributed by atoms with Gasteiger partial charge in [0.1, 0.15) is 0 Å². The van der Waals surface area contributed by atoms with Gasteiger partial charge < -0.3 is 10.1 Å². The lowest BCUT2D eigenvalue weighted by Gasteiger charge is -2.09. The number of carbonyl (C=O) groups excluding carboxylic acids is 1. The first kappa shape index (κ1) is 19.1. The zero-order valence-electron chi connectivity index (χ0n) is 13.7. The van der Waals surface area contributed by atoms with Crippen molar-refractivity contribution in [2.24, 2.45) is 0 Å². The lowest BCUT2D eigenvalue weighted by Crippen LogP contribution is -2.15. The van der Waals surface area contributed by atoms with E-state index in [0.29, 0.717) is 16.5 Å². The monoisotopic (exact) mass is 380 g/mol. The Hall–Kier alpha value is -2.25. The van der Waals surface area contributed by atoms with E-state index in [2.05, 4.69) is 5.32 Å². The van der Waals surface area contributed by atoms with Gasteiger partial charge in [0.05, 0.1) is 17.8 Å². The maximum absolute atomic E-state index is 12.0. The predicted octanol–water partition coefficient (Wildman–Crippen LogP) is 4.44. The van der Waals surface area contributed by atoms with E-state index in [1.165, 1.54) is 24.9 Å². The topological polar surface area (TPSA) is 81.5 Å². The summed E-state index contributed by atoms with van der Waals surface area (Å²) >= 11 is 7.39. The number of ether oxygens (including phenoxy) is 1. The minimum Gasteiger partial charge on any atom is -0.490 e. The van der Waals surface area contributed by atoms with E-state index in [-0.39, 0.29) is 23.1 Å². The van der Waals surface area contributed by atoms with Gasteiger partial charge >= 0.3 is 5.69 Å². The van der Waals surface area contributed by atoms with Crippen molar-refractivity contribution in [3.63, 3.8) is 0 Å². The van der Waals surface area contributed by atoms with Crippen molar-refractivity contribution in [1.29, 1.82) is 0 Å². The molecule has 0 aliphatic carbocycles. The maximum atomic E-state index is 12.0. The quantitative estimate of drug-likeness (QED) is 0.567. The smallest absolute Gasteiger partial charge is 0.311 e. The van der Waals surface area contributed by atoms with Gasteiger partial charge in [0.2, 0.25) is 5.91 Å². The summed E-state index contributed by atoms with van der Waals surface area (Å²) in [5, 5.41) is 14.4. The van der Waals surface area contributed by atoms with Crippen LogP contribution in [-0.4, -0.2) is 23.7 Å². The van der Waals surface area contributed by atoms with Crippen LogP contribution in [0.3, 0.4) is 0 Å². The van der Waals surface area contributed by atoms with Gasteiger partial charge in [-0.2, -0.15) is 0 Å². The highest BCUT2D eigenvalue weighted by atomic mass is 35.5. The van der Waals surface area contributed by atoms with Crippen molar-refractivity contribution in [2.75, 3.05) is 18.2 Å². The molecule has 0 heterocycles. The average molecular weight is 381 g/mol. The summed E-state index contributed by atoms with van der Waals surface area (Å²) in [7, 11) is 1.39. The highest BCUT2D eigenvalue weighted by molar-refractivity contribution is 7.99. The molecule has 8 heteroatoms. The number of hydrogen-bond acceptors (Lipinski definition) is 5. The summed E-state index contributed by atoms with van der Waals surface area (Å²) in [4.78, 5) is 22.6. The number of hydrogen-bond donors (Lipinski definition) is 1. The molecule has 1 amide bonds. The van der Waals surface area contributed by atoms with Crippen LogP contribution in [0.25, 0.3) is 0 Å². The van der Waals surface area contributed by atoms with E-state index in [1.807, 2.05) is 6.92 Å². The SMILES string of the molecule is COc1ccc(CSCC(=O)Nc2cccc(Cl)c2C)cc1[N+](=O)[O-]. The highest BCUT2D eigenvalue weighted by Crippen LogP contribution is 2.29. The Morgan fingerprint density at radius 3 is 2.80 bits per heavy atom. The van der Waals surface area contributed by atoms with E-state index in [9.17, 15) is 14.9 Å². The molecule has 0 spiro atoms. The van der Waals surface area contributed by atoms with Crippen molar-refractivity contribution in [3.8, 4) is 5.75 Å². The molecule has 1 N–H and O–H groups in total. The largest absolute Gasteiger partial charge is 0.490 e. The number of amides is 1. The van der Waals surface area contributed by atoms with E-state index >= 15 is 0 Å². The summed E-state index contributed by atoms with van der Waals surface area (Å²) in [6.45, 7) is 1.83. The lowest BCUT2D eigenvalue weighted by molar-refractivity contribution is -0.385. The number of nitro benzene ring substituents is 1. The second-order valence-corrected chi connectivity index (χ2v) is 6.61. The summed E-state index contributed by atoms with van der Waals surface area (Å²) in [6, 6.07) is 10.1. The Morgan fingerprint density at radius 2 is 2.12 bits per heavy atom. The third-order valence-electron chi connectivity index (χ3n) is 3.48. The second-order valence-electron chi connectivity index (χ2n) is 5.22. The van der Waals surface area contributed by atoms with Crippen LogP contribution in [0.4, 0.5) is 11.4 Å². The standard InChI is InChI=1S/C17H17ClN2O4S/c1-11-13(18)4-3-5-14(11)19-17(21)10-25-9-12-6-7-16(24-2)15(8-12)20(22)23/h3-8H,9-10H2,1-2H3,(H,19,21). The zero-order chi connectivity index (χ0) is 18.4. The molecule has 0 atom stereocenters. The van der Waals surface area contributed by atoms with Crippen LogP contribution in [-0.2, 0) is 10.5 Å². The van der Waals surface area contributed by atoms with Crippen LogP contribution >= 0.6 is 23.4 Å². The molecule has 2 aromatic rings. The third kappa shape index (κ3) is 5.11. The van der Waals surface area contributed by atoms with Gasteiger partial charge in [-0.05, 0) is 36.2 Å². The van der Waals surface area contributed by atoms with Crippen molar-refractivity contribution >= 4 is 40.6 Å². The highest BCUT2D eigenvalue weighted by Gasteiger charge is 2.15. The Bertz CT molecular complexity index is 798. The molecule has 0 bridgehead atoms. The number of halogens is 1. The Morgan fingerprint density at radius 1 is 1.36 bits per heavy atom. The van der Waals surface area contributed by atoms with E-state index in [4.69, 9.17) is 16.3 Å². The van der Waals surface area contributed by atoms with Gasteiger partial charge in [0, 0.05) is 22.5 Å². The van der Waals surface area contributed by atoms with Gasteiger partial charge in [0.15, 0.2) is 5.75 Å². The van der Waals surface area contributed by atoms with Gasteiger partial charge in [-0.1, -0.05) is 23.7 Å². The van der Waals surface area contributed by atoms with Crippen LogP contribution in [0, 0.1) is 17.0 Å². The molecule has 2 aromatic carbocycles. The zero-order valence-corrected chi connectivity index (χ0v) is 15.3. The van der Waals surface area contributed by atoms with Crippen LogP contribution in [0.5, 0.6) is 5.75 Å². The van der Waals surface area contributed by atoms with Crippen molar-refractivity contribution in [1.82, 2.24) is 0 Å². The summed E-state index contributed by atoms with van der Waals surface area (Å²) in [5.41, 5.74) is 2.16. The van der Waals surface area contributed by atoms with Crippen LogP contribution in [0.2, 0.25) is 5.02 Å². The van der Waals surface area contributed by atoms with E-state index in [0.717, 1.165) is 11.1 Å². The molecular formula is C17H17ClN2O4S. The minimum atomic E-state index is -0.484. The maximum Gasteiger partial charge on any atom is 0.311 e. The number of nitrogens with zero attached hydrogens (tertiary/aromatic N) is 1. The number of carbonyl (C=O) groups is 1. The Labute approximate surface area is 154 Å². The molecule has 0 fully saturated rings. The van der Waals surface area contributed by atoms with Gasteiger partial charge in [-0.25, -0.2) is 0 Å². The van der Waals surface area contributed by atoms with Crippen molar-refractivity contribution in [3.05, 3.63) is 62.7 Å². The molecule has 25 heavy (non-hydrogen) atoms. The summed E-state index contributed by atoms with van der Waals surface area (Å²) in [6.07, 6.45) is 0. The molecular weight excluding hydrogens is 364 g/mol. The number of benzene rings is 2. The number of rotatable bonds is 7. The summed E-state index contributed by atoms with van der Waals surface area (Å²) in [5.74, 6) is 0.768. The molecule has 0 unspecified atom stereocenters. The minimum absolute atomic E-state index is 0.0837. The van der Waals surface area contributed by atoms with Crippen LogP contribution in [0.15, 0.2) is 36.4 Å². The Balaban J connectivity index is 1.92. The van der Waals surface area contributed by atoms with E-state index < -0.39 is 4.92 Å². The number of nitrogens with one attached hydrogen (secondary N) is 1. The molecule has 132 valence electrons. The van der Waals surface area contributed by atoms with Crippen LogP contribution < -0.4 is 10.1 Å². The van der Waals surface area contributed by atoms with Crippen molar-refractivity contribution < 1.29 is 14.5 Å². The van der Waals surface area contributed by atoms with E-state index in [1.54, 1.807) is 30.3 Å². The molecule has 0 aliphatic rings. The first-order chi connectivity index (χ1) is 11.9. The third-order valence-corrected chi connectivity index (χ3v) is 4.90. The van der Waals surface area contributed by atoms with Gasteiger partial charge in [-0.15, -0.1) is 11.8 Å². The predicted molar refractivity (Wildman–Crippen MR) is 101 cm³/mol. The molecule has 2 rings (SSSR count). The van der Waals surface area contributed by atoms with Gasteiger partial charge in [-0.3, -0.25) is 14.9 Å². The lowest BCUT2D eigenvalue weighted by atomic mass is 10.2. The molecule has 0 saturated heterocycles. The first-order valence-electron chi connectivity index (χ1n) is 7.36. The molecule has 0 aromatic heterocycles. The Kier molecular flexibility index (Phi) is 6.66. The number of methoxy groups -OCH3 is 1. The normalized spacial score (nSPS) is 10.4. The van der Waals surface area contributed by atoms with Crippen molar-refractivity contribution in [2.45, 2.75) is 12.7 Å². The molecule has 0 saturated carbocycles. The molecule has 0 radical (unpaired) electrons. The molecule has 6 nitrogen and oxygen atoms in total. The first-order valence-corrected chi connectivity index (χ1v) is 8.89. The van der Waals surface area contributed by atoms with Gasteiger partial charge in [0.25, 0.3) is 0 Å². The number of anilines is 1. The molecule has 0 aliphatic heterocycles. The number of nitro groups is 1. The fourth-order valence-corrected chi connectivity index (χ4v) is 3.11. The fourth-order valence-electron chi connectivity index (χ4n) is 2.16. The van der Waals surface area contributed by atoms with Crippen LogP contribution in [0.1, 0.15) is 11.1 Å². The fraction of sp³-hybridized carbons (Fsp3) is 0.235.